The minimum atomic E-state index is -0.995. The highest BCUT2D eigenvalue weighted by Crippen LogP contribution is 2.31. The number of esters is 1. The van der Waals surface area contributed by atoms with Crippen LogP contribution in [0.5, 0.6) is 0 Å². The zero-order valence-electron chi connectivity index (χ0n) is 22.7. The first kappa shape index (κ1) is 31.6. The summed E-state index contributed by atoms with van der Waals surface area (Å²) in [6.07, 6.45) is 5.60. The number of hydrogen-bond acceptors (Lipinski definition) is 7. The van der Waals surface area contributed by atoms with E-state index in [9.17, 15) is 19.2 Å². The van der Waals surface area contributed by atoms with Crippen molar-refractivity contribution < 1.29 is 33.8 Å². The minimum absolute atomic E-state index is 0.0560. The number of hydrogen-bond donors (Lipinski definition) is 4. The highest BCUT2D eigenvalue weighted by molar-refractivity contribution is 5.86. The second-order valence-electron chi connectivity index (χ2n) is 9.94. The van der Waals surface area contributed by atoms with Crippen LogP contribution in [0.25, 0.3) is 0 Å². The predicted octanol–water partition coefficient (Wildman–Crippen LogP) is 2.91. The normalized spacial score (nSPS) is 16.2. The van der Waals surface area contributed by atoms with E-state index in [0.717, 1.165) is 18.4 Å². The predicted molar refractivity (Wildman–Crippen MR) is 146 cm³/mol. The van der Waals surface area contributed by atoms with Gasteiger partial charge in [0.15, 0.2) is 0 Å². The van der Waals surface area contributed by atoms with E-state index in [2.05, 4.69) is 29.1 Å². The van der Waals surface area contributed by atoms with Gasteiger partial charge >= 0.3 is 12.1 Å². The molecule has 3 amide bonds. The van der Waals surface area contributed by atoms with Crippen LogP contribution >= 0.6 is 0 Å². The van der Waals surface area contributed by atoms with Crippen LogP contribution in [-0.4, -0.2) is 59.8 Å². The van der Waals surface area contributed by atoms with Crippen molar-refractivity contribution in [3.05, 3.63) is 61.2 Å². The van der Waals surface area contributed by atoms with Crippen LogP contribution in [0.2, 0.25) is 0 Å². The third-order valence-electron chi connectivity index (χ3n) is 6.57. The smallest absolute Gasteiger partial charge is 0.408 e. The van der Waals surface area contributed by atoms with Gasteiger partial charge in [0.25, 0.3) is 0 Å². The topological polar surface area (TPSA) is 143 Å². The van der Waals surface area contributed by atoms with Gasteiger partial charge < -0.3 is 30.5 Å². The highest BCUT2D eigenvalue weighted by Gasteiger charge is 2.39. The summed E-state index contributed by atoms with van der Waals surface area (Å²) in [5, 5.41) is 17.4. The Morgan fingerprint density at radius 2 is 1.69 bits per heavy atom. The van der Waals surface area contributed by atoms with Gasteiger partial charge in [0.1, 0.15) is 19.3 Å². The molecular formula is C29H41N3O7. The van der Waals surface area contributed by atoms with Crippen molar-refractivity contribution in [2.75, 3.05) is 13.2 Å². The van der Waals surface area contributed by atoms with Crippen molar-refractivity contribution in [2.45, 2.75) is 76.1 Å². The van der Waals surface area contributed by atoms with E-state index in [1.54, 1.807) is 13.0 Å². The van der Waals surface area contributed by atoms with Gasteiger partial charge in [-0.05, 0) is 38.2 Å². The first-order chi connectivity index (χ1) is 18.7. The van der Waals surface area contributed by atoms with E-state index in [-0.39, 0.29) is 44.5 Å². The van der Waals surface area contributed by atoms with E-state index in [1.165, 1.54) is 6.08 Å². The average molecular weight is 544 g/mol. The molecule has 1 aromatic rings. The Balaban J connectivity index is 1.97. The third kappa shape index (κ3) is 10.9. The molecular weight excluding hydrogens is 502 g/mol. The molecule has 0 saturated heterocycles. The summed E-state index contributed by atoms with van der Waals surface area (Å²) in [6.45, 7) is 8.79. The molecule has 1 saturated carbocycles. The van der Waals surface area contributed by atoms with Crippen molar-refractivity contribution in [1.82, 2.24) is 16.0 Å². The zero-order valence-corrected chi connectivity index (χ0v) is 22.7. The fourth-order valence-corrected chi connectivity index (χ4v) is 4.41. The van der Waals surface area contributed by atoms with Gasteiger partial charge in [0.2, 0.25) is 11.8 Å². The van der Waals surface area contributed by atoms with Crippen LogP contribution in [-0.2, 0) is 30.5 Å². The van der Waals surface area contributed by atoms with Crippen molar-refractivity contribution in [3.8, 4) is 0 Å². The monoisotopic (exact) mass is 543 g/mol. The summed E-state index contributed by atoms with van der Waals surface area (Å²) in [5.74, 6) is -1.99. The zero-order chi connectivity index (χ0) is 28.7. The standard InChI is InChI=1S/C29H41N3O7/c1-4-11-23(17-25(34)30-21(3)18-33)26(35)32-29(15-9-10-16-29)20-39-27(36)24(12-5-2)31-28(37)38-19-22-13-7-6-8-14-22/h4-8,13-14,21,23-24,33H,1-2,9-12,15-20H2,3H3,(H,30,34)(H,31,37)(H,32,35)/t21-,23+,24-/m1/s1. The van der Waals surface area contributed by atoms with Gasteiger partial charge in [-0.2, -0.15) is 0 Å². The second kappa shape index (κ2) is 16.3. The Kier molecular flexibility index (Phi) is 13.2. The lowest BCUT2D eigenvalue weighted by molar-refractivity contribution is -0.149. The molecule has 10 heteroatoms. The number of ether oxygens (including phenoxy) is 2. The number of amides is 3. The molecule has 1 fully saturated rings. The molecule has 1 aromatic carbocycles. The molecule has 1 aliphatic carbocycles. The summed E-state index contributed by atoms with van der Waals surface area (Å²) >= 11 is 0. The summed E-state index contributed by atoms with van der Waals surface area (Å²) in [5.41, 5.74) is 0.0395. The van der Waals surface area contributed by atoms with E-state index in [4.69, 9.17) is 14.6 Å². The summed E-state index contributed by atoms with van der Waals surface area (Å²) in [6, 6.07) is 7.75. The number of benzene rings is 1. The Morgan fingerprint density at radius 1 is 1.03 bits per heavy atom. The number of nitrogens with one attached hydrogen (secondary N) is 3. The van der Waals surface area contributed by atoms with E-state index < -0.39 is 35.6 Å². The van der Waals surface area contributed by atoms with E-state index in [1.807, 2.05) is 30.3 Å². The molecule has 0 unspecified atom stereocenters. The van der Waals surface area contributed by atoms with Gasteiger partial charge in [0, 0.05) is 12.5 Å². The summed E-state index contributed by atoms with van der Waals surface area (Å²) in [4.78, 5) is 50.7. The molecule has 0 radical (unpaired) electrons. The summed E-state index contributed by atoms with van der Waals surface area (Å²) < 4.78 is 10.8. The Morgan fingerprint density at radius 3 is 2.31 bits per heavy atom. The quantitative estimate of drug-likeness (QED) is 0.185. The number of alkyl carbamates (subject to hydrolysis) is 1. The fourth-order valence-electron chi connectivity index (χ4n) is 4.41. The number of carbonyl (C=O) groups is 4. The molecule has 0 heterocycles. The number of aliphatic hydroxyl groups excluding tert-OH is 1. The van der Waals surface area contributed by atoms with Crippen molar-refractivity contribution >= 4 is 23.9 Å². The van der Waals surface area contributed by atoms with Crippen LogP contribution < -0.4 is 16.0 Å². The van der Waals surface area contributed by atoms with Crippen LogP contribution in [0.1, 0.15) is 57.4 Å². The Hall–Kier alpha value is -3.66. The third-order valence-corrected chi connectivity index (χ3v) is 6.57. The Labute approximate surface area is 230 Å². The molecule has 0 aromatic heterocycles. The van der Waals surface area contributed by atoms with Gasteiger partial charge in [0.05, 0.1) is 18.1 Å². The van der Waals surface area contributed by atoms with E-state index >= 15 is 0 Å². The molecule has 0 bridgehead atoms. The Bertz CT molecular complexity index is 976. The van der Waals surface area contributed by atoms with Crippen LogP contribution in [0, 0.1) is 5.92 Å². The molecule has 1 aliphatic rings. The minimum Gasteiger partial charge on any atom is -0.462 e. The van der Waals surface area contributed by atoms with Gasteiger partial charge in [-0.3, -0.25) is 9.59 Å². The molecule has 4 N–H and O–H groups in total. The van der Waals surface area contributed by atoms with Gasteiger partial charge in [-0.15, -0.1) is 13.2 Å². The van der Waals surface area contributed by atoms with Gasteiger partial charge in [-0.1, -0.05) is 55.3 Å². The lowest BCUT2D eigenvalue weighted by atomic mass is 9.94. The molecule has 0 aliphatic heterocycles. The molecule has 0 spiro atoms. The lowest BCUT2D eigenvalue weighted by Crippen LogP contribution is -2.53. The first-order valence-electron chi connectivity index (χ1n) is 13.3. The highest BCUT2D eigenvalue weighted by atomic mass is 16.6. The first-order valence-corrected chi connectivity index (χ1v) is 13.3. The molecule has 2 rings (SSSR count). The maximum atomic E-state index is 13.2. The molecule has 3 atom stereocenters. The number of allylic oxidation sites excluding steroid dienone is 1. The summed E-state index contributed by atoms with van der Waals surface area (Å²) in [7, 11) is 0. The van der Waals surface area contributed by atoms with Crippen molar-refractivity contribution in [2.24, 2.45) is 5.92 Å². The number of carbonyl (C=O) groups excluding carboxylic acids is 4. The number of rotatable bonds is 16. The molecule has 39 heavy (non-hydrogen) atoms. The van der Waals surface area contributed by atoms with E-state index in [0.29, 0.717) is 19.3 Å². The van der Waals surface area contributed by atoms with Crippen molar-refractivity contribution in [1.29, 1.82) is 0 Å². The van der Waals surface area contributed by atoms with Crippen LogP contribution in [0.3, 0.4) is 0 Å². The SMILES string of the molecule is C=CC[C@@H](CC(=O)N[C@H](C)CO)C(=O)NC1(COC(=O)[C@@H](CC=C)NC(=O)OCc2ccccc2)CCCC1. The second-order valence-corrected chi connectivity index (χ2v) is 9.94. The number of aliphatic hydroxyl groups is 1. The van der Waals surface area contributed by atoms with Crippen molar-refractivity contribution in [3.63, 3.8) is 0 Å². The van der Waals surface area contributed by atoms with Gasteiger partial charge in [-0.25, -0.2) is 9.59 Å². The maximum absolute atomic E-state index is 13.2. The largest absolute Gasteiger partial charge is 0.462 e. The average Bonchev–Trinajstić information content (AvgIpc) is 3.39. The van der Waals surface area contributed by atoms with Crippen LogP contribution in [0.4, 0.5) is 4.79 Å². The lowest BCUT2D eigenvalue weighted by Gasteiger charge is -2.32. The molecule has 214 valence electrons. The molecule has 10 nitrogen and oxygen atoms in total. The fraction of sp³-hybridized carbons (Fsp3) is 0.517. The maximum Gasteiger partial charge on any atom is 0.408 e. The van der Waals surface area contributed by atoms with Crippen LogP contribution in [0.15, 0.2) is 55.6 Å².